The lowest BCUT2D eigenvalue weighted by Crippen LogP contribution is -2.61. The van der Waals surface area contributed by atoms with Crippen LogP contribution in [0.3, 0.4) is 0 Å². The fraction of sp³-hybridized carbons (Fsp3) is 0.667. The van der Waals surface area contributed by atoms with Crippen LogP contribution in [0.4, 0.5) is 5.82 Å². The highest BCUT2D eigenvalue weighted by Crippen LogP contribution is 2.22. The molecule has 1 fully saturated rings. The SMILES string of the molecule is CC(C)Cn1ccnc(N2CC(C)(O)C2)c1=O. The molecule has 0 amide bonds. The number of β-amino-alcohol motifs (C(OH)–C–C–N with tert-alkyl or cyclic N) is 1. The van der Waals surface area contributed by atoms with Crippen LogP contribution in [0.25, 0.3) is 0 Å². The molecule has 1 aromatic rings. The number of aromatic nitrogens is 2. The first-order valence-electron chi connectivity index (χ1n) is 5.92. The van der Waals surface area contributed by atoms with Crippen molar-refractivity contribution in [1.82, 2.24) is 9.55 Å². The molecule has 1 saturated heterocycles. The molecule has 2 heterocycles. The molecule has 0 unspecified atom stereocenters. The van der Waals surface area contributed by atoms with Gasteiger partial charge in [0.15, 0.2) is 5.82 Å². The maximum Gasteiger partial charge on any atom is 0.293 e. The first-order valence-corrected chi connectivity index (χ1v) is 5.92. The second-order valence-electron chi connectivity index (χ2n) is 5.46. The van der Waals surface area contributed by atoms with E-state index in [2.05, 4.69) is 18.8 Å². The maximum atomic E-state index is 12.1. The van der Waals surface area contributed by atoms with E-state index in [0.29, 0.717) is 31.4 Å². The van der Waals surface area contributed by atoms with Crippen molar-refractivity contribution < 1.29 is 5.11 Å². The van der Waals surface area contributed by atoms with E-state index in [9.17, 15) is 9.90 Å². The smallest absolute Gasteiger partial charge is 0.293 e. The lowest BCUT2D eigenvalue weighted by molar-refractivity contribution is 0.0303. The van der Waals surface area contributed by atoms with Gasteiger partial charge in [-0.15, -0.1) is 0 Å². The zero-order valence-electron chi connectivity index (χ0n) is 10.6. The Balaban J connectivity index is 2.22. The molecule has 5 heteroatoms. The summed E-state index contributed by atoms with van der Waals surface area (Å²) in [6, 6.07) is 0. The summed E-state index contributed by atoms with van der Waals surface area (Å²) in [5.74, 6) is 0.863. The third-order valence-electron chi connectivity index (χ3n) is 2.82. The minimum atomic E-state index is -0.688. The quantitative estimate of drug-likeness (QED) is 0.830. The summed E-state index contributed by atoms with van der Waals surface area (Å²) in [5.41, 5.74) is -0.760. The van der Waals surface area contributed by atoms with E-state index < -0.39 is 5.60 Å². The van der Waals surface area contributed by atoms with E-state index in [-0.39, 0.29) is 5.56 Å². The molecular weight excluding hydrogens is 218 g/mol. The van der Waals surface area contributed by atoms with Crippen molar-refractivity contribution in [2.24, 2.45) is 5.92 Å². The summed E-state index contributed by atoms with van der Waals surface area (Å²) < 4.78 is 1.68. The van der Waals surface area contributed by atoms with Crippen molar-refractivity contribution in [3.8, 4) is 0 Å². The summed E-state index contributed by atoms with van der Waals surface area (Å²) in [7, 11) is 0. The zero-order valence-corrected chi connectivity index (χ0v) is 10.6. The maximum absolute atomic E-state index is 12.1. The van der Waals surface area contributed by atoms with Gasteiger partial charge in [-0.2, -0.15) is 0 Å². The minimum absolute atomic E-state index is 0.0725. The van der Waals surface area contributed by atoms with E-state index in [1.54, 1.807) is 23.9 Å². The van der Waals surface area contributed by atoms with Gasteiger partial charge in [-0.05, 0) is 12.8 Å². The first kappa shape index (κ1) is 12.1. The van der Waals surface area contributed by atoms with Gasteiger partial charge in [0.2, 0.25) is 0 Å². The van der Waals surface area contributed by atoms with Gasteiger partial charge in [-0.3, -0.25) is 4.79 Å². The van der Waals surface area contributed by atoms with Crippen LogP contribution >= 0.6 is 0 Å². The highest BCUT2D eigenvalue weighted by atomic mass is 16.3. The molecule has 1 N–H and O–H groups in total. The van der Waals surface area contributed by atoms with Gasteiger partial charge in [0.05, 0.1) is 5.60 Å². The summed E-state index contributed by atoms with van der Waals surface area (Å²) >= 11 is 0. The zero-order chi connectivity index (χ0) is 12.6. The molecule has 1 aliphatic rings. The minimum Gasteiger partial charge on any atom is -0.386 e. The number of aliphatic hydroxyl groups is 1. The molecule has 0 spiro atoms. The first-order chi connectivity index (χ1) is 7.89. The number of rotatable bonds is 3. The monoisotopic (exact) mass is 237 g/mol. The molecule has 1 aromatic heterocycles. The van der Waals surface area contributed by atoms with Gasteiger partial charge < -0.3 is 14.6 Å². The van der Waals surface area contributed by atoms with Gasteiger partial charge in [0, 0.05) is 32.0 Å². The number of hydrogen-bond acceptors (Lipinski definition) is 4. The Morgan fingerprint density at radius 2 is 2.18 bits per heavy atom. The Kier molecular flexibility index (Phi) is 2.95. The van der Waals surface area contributed by atoms with Gasteiger partial charge >= 0.3 is 0 Å². The highest BCUT2D eigenvalue weighted by Gasteiger charge is 2.38. The van der Waals surface area contributed by atoms with Gasteiger partial charge in [0.1, 0.15) is 0 Å². The van der Waals surface area contributed by atoms with Crippen molar-refractivity contribution >= 4 is 5.82 Å². The molecule has 0 atom stereocenters. The average molecular weight is 237 g/mol. The van der Waals surface area contributed by atoms with E-state index in [1.807, 2.05) is 4.90 Å². The number of hydrogen-bond donors (Lipinski definition) is 1. The summed E-state index contributed by atoms with van der Waals surface area (Å²) in [6.07, 6.45) is 3.36. The Labute approximate surface area is 101 Å². The lowest BCUT2D eigenvalue weighted by atomic mass is 9.97. The molecule has 0 aliphatic carbocycles. The third kappa shape index (κ3) is 2.49. The predicted octanol–water partition coefficient (Wildman–Crippen LogP) is 0.470. The second kappa shape index (κ2) is 4.14. The van der Waals surface area contributed by atoms with Crippen LogP contribution < -0.4 is 10.5 Å². The summed E-state index contributed by atoms with van der Waals surface area (Å²) in [4.78, 5) is 18.1. The fourth-order valence-electron chi connectivity index (χ4n) is 2.12. The van der Waals surface area contributed by atoms with Crippen LogP contribution in [0.2, 0.25) is 0 Å². The van der Waals surface area contributed by atoms with Crippen molar-refractivity contribution in [2.75, 3.05) is 18.0 Å². The molecular formula is C12H19N3O2. The average Bonchev–Trinajstić information content (AvgIpc) is 2.17. The van der Waals surface area contributed by atoms with E-state index in [0.717, 1.165) is 0 Å². The van der Waals surface area contributed by atoms with Crippen molar-refractivity contribution in [3.63, 3.8) is 0 Å². The molecule has 1 aliphatic heterocycles. The highest BCUT2D eigenvalue weighted by molar-refractivity contribution is 5.41. The molecule has 17 heavy (non-hydrogen) atoms. The van der Waals surface area contributed by atoms with Crippen LogP contribution in [0.15, 0.2) is 17.2 Å². The topological polar surface area (TPSA) is 58.4 Å². The predicted molar refractivity (Wildman–Crippen MR) is 66.2 cm³/mol. The Hall–Kier alpha value is -1.36. The van der Waals surface area contributed by atoms with Gasteiger partial charge in [-0.25, -0.2) is 4.98 Å². The molecule has 2 rings (SSSR count). The van der Waals surface area contributed by atoms with Crippen LogP contribution in [0.5, 0.6) is 0 Å². The lowest BCUT2D eigenvalue weighted by Gasteiger charge is -2.44. The van der Waals surface area contributed by atoms with Crippen molar-refractivity contribution in [3.05, 3.63) is 22.7 Å². The molecule has 94 valence electrons. The molecule has 0 saturated carbocycles. The van der Waals surface area contributed by atoms with Crippen LogP contribution in [0, 0.1) is 5.92 Å². The normalized spacial score (nSPS) is 18.3. The number of nitrogens with zero attached hydrogens (tertiary/aromatic N) is 3. The molecule has 5 nitrogen and oxygen atoms in total. The number of anilines is 1. The third-order valence-corrected chi connectivity index (χ3v) is 2.82. The molecule has 0 radical (unpaired) electrons. The summed E-state index contributed by atoms with van der Waals surface area (Å²) in [5, 5.41) is 9.67. The second-order valence-corrected chi connectivity index (χ2v) is 5.46. The molecule has 0 bridgehead atoms. The van der Waals surface area contributed by atoms with E-state index in [1.165, 1.54) is 0 Å². The largest absolute Gasteiger partial charge is 0.386 e. The van der Waals surface area contributed by atoms with Crippen LogP contribution in [-0.4, -0.2) is 33.3 Å². The summed E-state index contributed by atoms with van der Waals surface area (Å²) in [6.45, 7) is 7.54. The fourth-order valence-corrected chi connectivity index (χ4v) is 2.12. The van der Waals surface area contributed by atoms with E-state index >= 15 is 0 Å². The molecule has 0 aromatic carbocycles. The Morgan fingerprint density at radius 3 is 2.71 bits per heavy atom. The van der Waals surface area contributed by atoms with Crippen LogP contribution in [-0.2, 0) is 6.54 Å². The standard InChI is InChI=1S/C12H19N3O2/c1-9(2)6-14-5-4-13-10(11(14)16)15-7-12(3,17)8-15/h4-5,9,17H,6-8H2,1-3H3. The van der Waals surface area contributed by atoms with Gasteiger partial charge in [0.25, 0.3) is 5.56 Å². The van der Waals surface area contributed by atoms with Crippen molar-refractivity contribution in [1.29, 1.82) is 0 Å². The van der Waals surface area contributed by atoms with E-state index in [4.69, 9.17) is 0 Å². The van der Waals surface area contributed by atoms with Gasteiger partial charge in [-0.1, -0.05) is 13.8 Å². The Bertz CT molecular complexity index is 457. The van der Waals surface area contributed by atoms with Crippen molar-refractivity contribution in [2.45, 2.75) is 32.9 Å². The Morgan fingerprint density at radius 1 is 1.53 bits per heavy atom. The van der Waals surface area contributed by atoms with Crippen LogP contribution in [0.1, 0.15) is 20.8 Å².